The number of hydrogen-bond donors (Lipinski definition) is 1. The summed E-state index contributed by atoms with van der Waals surface area (Å²) in [5.74, 6) is 0. The van der Waals surface area contributed by atoms with Crippen LogP contribution in [0.1, 0.15) is 12.8 Å². The van der Waals surface area contributed by atoms with Crippen LogP contribution in [0.2, 0.25) is 0 Å². The third kappa shape index (κ3) is 1.55. The van der Waals surface area contributed by atoms with E-state index >= 15 is 0 Å². The Kier molecular flexibility index (Phi) is 2.11. The highest BCUT2D eigenvalue weighted by atomic mass is 16.5. The van der Waals surface area contributed by atoms with E-state index in [0.29, 0.717) is 12.1 Å². The number of nitrogens with zero attached hydrogens (tertiary/aromatic N) is 1. The van der Waals surface area contributed by atoms with Crippen LogP contribution in [-0.2, 0) is 4.74 Å². The molecule has 0 radical (unpaired) electrons. The van der Waals surface area contributed by atoms with E-state index in [-0.39, 0.29) is 0 Å². The van der Waals surface area contributed by atoms with Crippen LogP contribution in [-0.4, -0.2) is 43.3 Å². The van der Waals surface area contributed by atoms with Crippen molar-refractivity contribution in [2.24, 2.45) is 5.73 Å². The summed E-state index contributed by atoms with van der Waals surface area (Å²) in [6.45, 7) is 4.15. The zero-order chi connectivity index (χ0) is 7.68. The van der Waals surface area contributed by atoms with Gasteiger partial charge in [0.25, 0.3) is 0 Å². The molecule has 0 amide bonds. The van der Waals surface area contributed by atoms with Crippen molar-refractivity contribution in [3.8, 4) is 0 Å². The van der Waals surface area contributed by atoms with E-state index < -0.39 is 0 Å². The fourth-order valence-corrected chi connectivity index (χ4v) is 1.81. The SMILES string of the molecule is NC1CCCN(C2COC2)C1. The summed E-state index contributed by atoms with van der Waals surface area (Å²) in [4.78, 5) is 2.47. The van der Waals surface area contributed by atoms with Gasteiger partial charge in [0.2, 0.25) is 0 Å². The van der Waals surface area contributed by atoms with Crippen LogP contribution in [0.15, 0.2) is 0 Å². The smallest absolute Gasteiger partial charge is 0.0645 e. The molecule has 2 N–H and O–H groups in total. The Bertz CT molecular complexity index is 136. The van der Waals surface area contributed by atoms with Crippen molar-refractivity contribution in [3.63, 3.8) is 0 Å². The lowest BCUT2D eigenvalue weighted by Crippen LogP contribution is -2.55. The number of hydrogen-bond acceptors (Lipinski definition) is 3. The first-order valence-electron chi connectivity index (χ1n) is 4.43. The maximum Gasteiger partial charge on any atom is 0.0645 e. The standard InChI is InChI=1S/C8H16N2O/c9-7-2-1-3-10(4-7)8-5-11-6-8/h7-8H,1-6,9H2. The topological polar surface area (TPSA) is 38.5 Å². The van der Waals surface area contributed by atoms with Crippen LogP contribution in [0.3, 0.4) is 0 Å². The molecule has 0 bridgehead atoms. The highest BCUT2D eigenvalue weighted by Crippen LogP contribution is 2.16. The molecule has 0 aromatic rings. The Hall–Kier alpha value is -0.120. The zero-order valence-electron chi connectivity index (χ0n) is 6.83. The Balaban J connectivity index is 1.82. The largest absolute Gasteiger partial charge is 0.378 e. The van der Waals surface area contributed by atoms with Crippen molar-refractivity contribution in [1.29, 1.82) is 0 Å². The molecular formula is C8H16N2O. The molecule has 1 unspecified atom stereocenters. The van der Waals surface area contributed by atoms with Crippen LogP contribution >= 0.6 is 0 Å². The van der Waals surface area contributed by atoms with E-state index in [1.54, 1.807) is 0 Å². The van der Waals surface area contributed by atoms with Crippen molar-refractivity contribution in [2.45, 2.75) is 24.9 Å². The van der Waals surface area contributed by atoms with Crippen LogP contribution in [0.5, 0.6) is 0 Å². The Morgan fingerprint density at radius 3 is 2.73 bits per heavy atom. The molecule has 2 rings (SSSR count). The van der Waals surface area contributed by atoms with Crippen LogP contribution < -0.4 is 5.73 Å². The summed E-state index contributed by atoms with van der Waals surface area (Å²) < 4.78 is 5.14. The van der Waals surface area contributed by atoms with Crippen LogP contribution in [0, 0.1) is 0 Å². The molecule has 2 saturated heterocycles. The summed E-state index contributed by atoms with van der Waals surface area (Å²) in [6.07, 6.45) is 2.46. The van der Waals surface area contributed by atoms with Crippen molar-refractivity contribution in [2.75, 3.05) is 26.3 Å². The normalized spacial score (nSPS) is 35.2. The minimum atomic E-state index is 0.407. The van der Waals surface area contributed by atoms with Crippen molar-refractivity contribution < 1.29 is 4.74 Å². The molecule has 2 aliphatic rings. The predicted molar refractivity (Wildman–Crippen MR) is 43.4 cm³/mol. The molecule has 11 heavy (non-hydrogen) atoms. The average Bonchev–Trinajstić information content (AvgIpc) is 1.83. The summed E-state index contributed by atoms with van der Waals surface area (Å²) in [6, 6.07) is 1.09. The molecule has 3 heteroatoms. The number of piperidine rings is 1. The van der Waals surface area contributed by atoms with E-state index in [4.69, 9.17) is 10.5 Å². The quantitative estimate of drug-likeness (QED) is 0.572. The molecule has 0 saturated carbocycles. The van der Waals surface area contributed by atoms with E-state index in [1.807, 2.05) is 0 Å². The monoisotopic (exact) mass is 156 g/mol. The molecule has 0 spiro atoms. The second kappa shape index (κ2) is 3.09. The van der Waals surface area contributed by atoms with Gasteiger partial charge in [-0.3, -0.25) is 4.90 Å². The summed E-state index contributed by atoms with van der Waals surface area (Å²) in [5.41, 5.74) is 5.86. The Morgan fingerprint density at radius 2 is 2.18 bits per heavy atom. The average molecular weight is 156 g/mol. The summed E-state index contributed by atoms with van der Waals surface area (Å²) in [7, 11) is 0. The van der Waals surface area contributed by atoms with Crippen molar-refractivity contribution in [1.82, 2.24) is 4.90 Å². The molecule has 0 aliphatic carbocycles. The third-order valence-corrected chi connectivity index (χ3v) is 2.63. The molecule has 3 nitrogen and oxygen atoms in total. The van der Waals surface area contributed by atoms with Crippen LogP contribution in [0.4, 0.5) is 0 Å². The van der Waals surface area contributed by atoms with Gasteiger partial charge in [-0.2, -0.15) is 0 Å². The molecule has 2 heterocycles. The Morgan fingerprint density at radius 1 is 1.36 bits per heavy atom. The predicted octanol–water partition coefficient (Wildman–Crippen LogP) is -0.192. The minimum Gasteiger partial charge on any atom is -0.378 e. The zero-order valence-corrected chi connectivity index (χ0v) is 6.83. The Labute approximate surface area is 67.5 Å². The van der Waals surface area contributed by atoms with Gasteiger partial charge in [-0.15, -0.1) is 0 Å². The molecule has 0 aromatic carbocycles. The summed E-state index contributed by atoms with van der Waals surface area (Å²) >= 11 is 0. The molecular weight excluding hydrogens is 140 g/mol. The number of rotatable bonds is 1. The maximum atomic E-state index is 5.86. The lowest BCUT2D eigenvalue weighted by Gasteiger charge is -2.41. The van der Waals surface area contributed by atoms with Gasteiger partial charge in [0.15, 0.2) is 0 Å². The van der Waals surface area contributed by atoms with Gasteiger partial charge in [0.1, 0.15) is 0 Å². The lowest BCUT2D eigenvalue weighted by atomic mass is 10.0. The van der Waals surface area contributed by atoms with Gasteiger partial charge < -0.3 is 10.5 Å². The van der Waals surface area contributed by atoms with Gasteiger partial charge in [-0.1, -0.05) is 0 Å². The second-order valence-electron chi connectivity index (χ2n) is 3.59. The first kappa shape index (κ1) is 7.53. The molecule has 2 fully saturated rings. The molecule has 1 atom stereocenters. The molecule has 2 aliphatic heterocycles. The summed E-state index contributed by atoms with van der Waals surface area (Å²) in [5, 5.41) is 0. The lowest BCUT2D eigenvalue weighted by molar-refractivity contribution is -0.0717. The first-order chi connectivity index (χ1) is 5.36. The third-order valence-electron chi connectivity index (χ3n) is 2.63. The fourth-order valence-electron chi connectivity index (χ4n) is 1.81. The van der Waals surface area contributed by atoms with E-state index in [0.717, 1.165) is 19.8 Å². The van der Waals surface area contributed by atoms with Crippen molar-refractivity contribution >= 4 is 0 Å². The van der Waals surface area contributed by atoms with Gasteiger partial charge in [-0.25, -0.2) is 0 Å². The maximum absolute atomic E-state index is 5.86. The van der Waals surface area contributed by atoms with Crippen LogP contribution in [0.25, 0.3) is 0 Å². The number of ether oxygens (including phenoxy) is 1. The van der Waals surface area contributed by atoms with Gasteiger partial charge in [-0.05, 0) is 19.4 Å². The number of likely N-dealkylation sites (tertiary alicyclic amines) is 1. The molecule has 0 aromatic heterocycles. The van der Waals surface area contributed by atoms with Crippen molar-refractivity contribution in [3.05, 3.63) is 0 Å². The van der Waals surface area contributed by atoms with Gasteiger partial charge in [0, 0.05) is 12.6 Å². The van der Waals surface area contributed by atoms with E-state index in [1.165, 1.54) is 19.4 Å². The van der Waals surface area contributed by atoms with Gasteiger partial charge >= 0.3 is 0 Å². The van der Waals surface area contributed by atoms with Gasteiger partial charge in [0.05, 0.1) is 19.3 Å². The fraction of sp³-hybridized carbons (Fsp3) is 1.00. The highest BCUT2D eigenvalue weighted by molar-refractivity contribution is 4.83. The minimum absolute atomic E-state index is 0.407. The van der Waals surface area contributed by atoms with E-state index in [2.05, 4.69) is 4.90 Å². The second-order valence-corrected chi connectivity index (χ2v) is 3.59. The molecule has 64 valence electrons. The first-order valence-corrected chi connectivity index (χ1v) is 4.43. The van der Waals surface area contributed by atoms with E-state index in [9.17, 15) is 0 Å². The number of nitrogens with two attached hydrogens (primary N) is 1. The highest BCUT2D eigenvalue weighted by Gasteiger charge is 2.28.